The van der Waals surface area contributed by atoms with Gasteiger partial charge in [-0.05, 0) is 31.0 Å². The lowest BCUT2D eigenvalue weighted by atomic mass is 9.92. The number of nitriles is 1. The summed E-state index contributed by atoms with van der Waals surface area (Å²) in [6.07, 6.45) is 3.87. The first-order valence-electron chi connectivity index (χ1n) is 5.74. The molecule has 2 atom stereocenters. The van der Waals surface area contributed by atoms with Crippen LogP contribution in [0.4, 0.5) is 5.69 Å². The topological polar surface area (TPSA) is 56.0 Å². The van der Waals surface area contributed by atoms with Crippen molar-refractivity contribution in [2.45, 2.75) is 37.8 Å². The van der Waals surface area contributed by atoms with Crippen LogP contribution in [0.25, 0.3) is 0 Å². The van der Waals surface area contributed by atoms with Gasteiger partial charge in [-0.25, -0.2) is 0 Å². The third-order valence-electron chi connectivity index (χ3n) is 3.07. The third-order valence-corrected chi connectivity index (χ3v) is 3.07. The van der Waals surface area contributed by atoms with E-state index in [4.69, 9.17) is 5.26 Å². The van der Waals surface area contributed by atoms with Gasteiger partial charge in [0.1, 0.15) is 0 Å². The molecule has 0 saturated heterocycles. The zero-order valence-corrected chi connectivity index (χ0v) is 9.19. The molecule has 3 heteroatoms. The van der Waals surface area contributed by atoms with Crippen molar-refractivity contribution in [1.29, 1.82) is 5.26 Å². The molecule has 0 radical (unpaired) electrons. The molecule has 0 heterocycles. The second-order valence-corrected chi connectivity index (χ2v) is 4.30. The van der Waals surface area contributed by atoms with Crippen LogP contribution in [0.2, 0.25) is 0 Å². The molecule has 0 amide bonds. The molecule has 0 aromatic heterocycles. The summed E-state index contributed by atoms with van der Waals surface area (Å²) in [4.78, 5) is 0. The molecule has 3 nitrogen and oxygen atoms in total. The Hall–Kier alpha value is -1.53. The number of rotatable bonds is 2. The number of aliphatic hydroxyl groups is 1. The van der Waals surface area contributed by atoms with E-state index in [2.05, 4.69) is 11.4 Å². The number of anilines is 1. The van der Waals surface area contributed by atoms with Crippen molar-refractivity contribution in [1.82, 2.24) is 0 Å². The van der Waals surface area contributed by atoms with Crippen LogP contribution in [0.1, 0.15) is 31.2 Å². The summed E-state index contributed by atoms with van der Waals surface area (Å²) in [7, 11) is 0. The van der Waals surface area contributed by atoms with Crippen molar-refractivity contribution >= 4 is 5.69 Å². The van der Waals surface area contributed by atoms with Gasteiger partial charge in [0, 0.05) is 5.69 Å². The minimum absolute atomic E-state index is 0.127. The van der Waals surface area contributed by atoms with Crippen LogP contribution in [-0.2, 0) is 0 Å². The molecule has 2 N–H and O–H groups in total. The monoisotopic (exact) mass is 216 g/mol. The molecule has 0 spiro atoms. The molecule has 0 bridgehead atoms. The number of nitrogens with zero attached hydrogens (tertiary/aromatic N) is 1. The molecule has 1 aliphatic carbocycles. The molecule has 1 fully saturated rings. The predicted octanol–water partition coefficient (Wildman–Crippen LogP) is 2.27. The van der Waals surface area contributed by atoms with E-state index in [1.807, 2.05) is 18.2 Å². The largest absolute Gasteiger partial charge is 0.391 e. The molecule has 16 heavy (non-hydrogen) atoms. The molecule has 2 rings (SSSR count). The SMILES string of the molecule is N#Cc1cccc(N[C@H]2CCCC[C@@H]2O)c1. The first-order chi connectivity index (χ1) is 7.79. The van der Waals surface area contributed by atoms with E-state index in [1.54, 1.807) is 6.07 Å². The molecule has 1 aromatic carbocycles. The maximum Gasteiger partial charge on any atom is 0.0992 e. The van der Waals surface area contributed by atoms with Gasteiger partial charge in [-0.1, -0.05) is 18.9 Å². The predicted molar refractivity (Wildman–Crippen MR) is 63.0 cm³/mol. The summed E-state index contributed by atoms with van der Waals surface area (Å²) in [5.74, 6) is 0. The van der Waals surface area contributed by atoms with Gasteiger partial charge in [0.15, 0.2) is 0 Å². The Morgan fingerprint density at radius 3 is 2.88 bits per heavy atom. The summed E-state index contributed by atoms with van der Waals surface area (Å²) < 4.78 is 0. The first-order valence-corrected chi connectivity index (χ1v) is 5.74. The smallest absolute Gasteiger partial charge is 0.0992 e. The van der Waals surface area contributed by atoms with E-state index in [-0.39, 0.29) is 12.1 Å². The van der Waals surface area contributed by atoms with E-state index < -0.39 is 0 Å². The van der Waals surface area contributed by atoms with E-state index in [1.165, 1.54) is 0 Å². The zero-order chi connectivity index (χ0) is 11.4. The van der Waals surface area contributed by atoms with E-state index in [0.29, 0.717) is 5.56 Å². The standard InChI is InChI=1S/C13H16N2O/c14-9-10-4-3-5-11(8-10)15-12-6-1-2-7-13(12)16/h3-5,8,12-13,15-16H,1-2,6-7H2/t12-,13-/m0/s1. The molecule has 84 valence electrons. The van der Waals surface area contributed by atoms with Crippen molar-refractivity contribution in [2.75, 3.05) is 5.32 Å². The maximum atomic E-state index is 9.83. The second kappa shape index (κ2) is 5.00. The molecule has 1 aliphatic rings. The Balaban J connectivity index is 2.05. The fourth-order valence-corrected chi connectivity index (χ4v) is 2.17. The maximum absolute atomic E-state index is 9.83. The fraction of sp³-hybridized carbons (Fsp3) is 0.462. The molecular formula is C13H16N2O. The average molecular weight is 216 g/mol. The van der Waals surface area contributed by atoms with Crippen LogP contribution in [0.3, 0.4) is 0 Å². The molecular weight excluding hydrogens is 200 g/mol. The summed E-state index contributed by atoms with van der Waals surface area (Å²) in [5.41, 5.74) is 1.57. The van der Waals surface area contributed by atoms with Gasteiger partial charge in [-0.3, -0.25) is 0 Å². The van der Waals surface area contributed by atoms with Crippen LogP contribution in [0.15, 0.2) is 24.3 Å². The van der Waals surface area contributed by atoms with E-state index in [0.717, 1.165) is 31.4 Å². The van der Waals surface area contributed by atoms with Gasteiger partial charge in [0.05, 0.1) is 23.8 Å². The van der Waals surface area contributed by atoms with Gasteiger partial charge in [0.25, 0.3) is 0 Å². The Kier molecular flexibility index (Phi) is 3.43. The van der Waals surface area contributed by atoms with Gasteiger partial charge in [-0.2, -0.15) is 5.26 Å². The lowest BCUT2D eigenvalue weighted by Crippen LogP contribution is -2.36. The van der Waals surface area contributed by atoms with Crippen molar-refractivity contribution < 1.29 is 5.11 Å². The Bertz CT molecular complexity index is 397. The zero-order valence-electron chi connectivity index (χ0n) is 9.19. The summed E-state index contributed by atoms with van der Waals surface area (Å²) >= 11 is 0. The minimum Gasteiger partial charge on any atom is -0.391 e. The third kappa shape index (κ3) is 2.53. The number of aliphatic hydroxyl groups excluding tert-OH is 1. The molecule has 0 unspecified atom stereocenters. The van der Waals surface area contributed by atoms with Crippen LogP contribution in [-0.4, -0.2) is 17.3 Å². The van der Waals surface area contributed by atoms with Crippen molar-refractivity contribution in [3.8, 4) is 6.07 Å². The van der Waals surface area contributed by atoms with E-state index >= 15 is 0 Å². The van der Waals surface area contributed by atoms with Gasteiger partial charge >= 0.3 is 0 Å². The van der Waals surface area contributed by atoms with Crippen LogP contribution in [0, 0.1) is 11.3 Å². The van der Waals surface area contributed by atoms with Crippen molar-refractivity contribution in [3.63, 3.8) is 0 Å². The lowest BCUT2D eigenvalue weighted by Gasteiger charge is -2.29. The number of hydrogen-bond donors (Lipinski definition) is 2. The van der Waals surface area contributed by atoms with Crippen LogP contribution >= 0.6 is 0 Å². The lowest BCUT2D eigenvalue weighted by molar-refractivity contribution is 0.116. The van der Waals surface area contributed by atoms with Gasteiger partial charge in [-0.15, -0.1) is 0 Å². The van der Waals surface area contributed by atoms with Crippen LogP contribution < -0.4 is 5.32 Å². The fourth-order valence-electron chi connectivity index (χ4n) is 2.17. The van der Waals surface area contributed by atoms with Gasteiger partial charge in [0.2, 0.25) is 0 Å². The quantitative estimate of drug-likeness (QED) is 0.797. The molecule has 1 aromatic rings. The number of hydrogen-bond acceptors (Lipinski definition) is 3. The summed E-state index contributed by atoms with van der Waals surface area (Å²) in [6, 6.07) is 9.63. The number of nitrogens with one attached hydrogen (secondary N) is 1. The Morgan fingerprint density at radius 2 is 2.12 bits per heavy atom. The molecule has 1 saturated carbocycles. The first kappa shape index (κ1) is 11.0. The summed E-state index contributed by atoms with van der Waals surface area (Å²) in [5, 5.41) is 21.9. The summed E-state index contributed by atoms with van der Waals surface area (Å²) in [6.45, 7) is 0. The van der Waals surface area contributed by atoms with Gasteiger partial charge < -0.3 is 10.4 Å². The minimum atomic E-state index is -0.264. The number of benzene rings is 1. The van der Waals surface area contributed by atoms with E-state index in [9.17, 15) is 5.11 Å². The van der Waals surface area contributed by atoms with Crippen LogP contribution in [0.5, 0.6) is 0 Å². The Labute approximate surface area is 95.7 Å². The highest BCUT2D eigenvalue weighted by molar-refractivity contribution is 5.49. The second-order valence-electron chi connectivity index (χ2n) is 4.30. The normalized spacial score (nSPS) is 24.8. The average Bonchev–Trinajstić information content (AvgIpc) is 2.32. The Morgan fingerprint density at radius 1 is 1.31 bits per heavy atom. The molecule has 0 aliphatic heterocycles. The highest BCUT2D eigenvalue weighted by Crippen LogP contribution is 2.22. The van der Waals surface area contributed by atoms with Crippen molar-refractivity contribution in [2.24, 2.45) is 0 Å². The highest BCUT2D eigenvalue weighted by Gasteiger charge is 2.22. The van der Waals surface area contributed by atoms with Crippen molar-refractivity contribution in [3.05, 3.63) is 29.8 Å². The highest BCUT2D eigenvalue weighted by atomic mass is 16.3.